The molecule has 0 fully saturated rings. The zero-order valence-corrected chi connectivity index (χ0v) is 20.6. The van der Waals surface area contributed by atoms with Crippen LogP contribution >= 0.6 is 0 Å². The second-order valence-corrected chi connectivity index (χ2v) is 10.00. The van der Waals surface area contributed by atoms with Gasteiger partial charge in [-0.3, -0.25) is 0 Å². The van der Waals surface area contributed by atoms with E-state index in [9.17, 15) is 13.2 Å². The number of benzene rings is 2. The molecule has 0 atom stereocenters. The summed E-state index contributed by atoms with van der Waals surface area (Å²) in [6.45, 7) is 9.41. The number of anilines is 1. The predicted octanol–water partition coefficient (Wildman–Crippen LogP) is 6.60. The van der Waals surface area contributed by atoms with Gasteiger partial charge >= 0.3 is 6.18 Å². The third kappa shape index (κ3) is 3.88. The summed E-state index contributed by atoms with van der Waals surface area (Å²) in [4.78, 5) is 2.08. The highest BCUT2D eigenvalue weighted by molar-refractivity contribution is 6.03. The number of ether oxygens (including phenoxy) is 1. The summed E-state index contributed by atoms with van der Waals surface area (Å²) < 4.78 is 47.8. The molecule has 180 valence electrons. The van der Waals surface area contributed by atoms with E-state index in [1.54, 1.807) is 13.2 Å². The van der Waals surface area contributed by atoms with E-state index in [1.165, 1.54) is 23.0 Å². The first-order chi connectivity index (χ1) is 15.9. The summed E-state index contributed by atoms with van der Waals surface area (Å²) >= 11 is 0. The highest BCUT2D eigenvalue weighted by atomic mass is 19.4. The lowest BCUT2D eigenvalue weighted by Crippen LogP contribution is -2.29. The standard InChI is InChI=1S/C28H32F3N2O/c1-26(2)20-10-7-8-11-22(20)32(5)24(26)12-9-13-25-27(3,4)21-18-19(28(29,30)31)14-15-23(21)33(25)16-17-34-6/h7-15,18H,16-17H2,1-6H3/q+1. The van der Waals surface area contributed by atoms with Crippen LogP contribution in [0.5, 0.6) is 0 Å². The number of hydrogen-bond acceptors (Lipinski definition) is 2. The van der Waals surface area contributed by atoms with Gasteiger partial charge in [0, 0.05) is 48.2 Å². The Morgan fingerprint density at radius 1 is 1.00 bits per heavy atom. The zero-order chi connectivity index (χ0) is 24.9. The molecular formula is C28H32F3N2O+. The fourth-order valence-corrected chi connectivity index (χ4v) is 5.31. The molecule has 0 unspecified atom stereocenters. The van der Waals surface area contributed by atoms with Crippen LogP contribution in [-0.2, 0) is 21.7 Å². The van der Waals surface area contributed by atoms with Gasteiger partial charge < -0.3 is 9.64 Å². The maximum atomic E-state index is 13.4. The monoisotopic (exact) mass is 469 g/mol. The van der Waals surface area contributed by atoms with Crippen LogP contribution in [0.3, 0.4) is 0 Å². The summed E-state index contributed by atoms with van der Waals surface area (Å²) in [5.41, 5.74) is 4.71. The van der Waals surface area contributed by atoms with E-state index in [4.69, 9.17) is 4.74 Å². The van der Waals surface area contributed by atoms with Crippen LogP contribution in [0.4, 0.5) is 24.5 Å². The summed E-state index contributed by atoms with van der Waals surface area (Å²) in [5.74, 6) is 0. The number of methoxy groups -OCH3 is 1. The number of nitrogens with zero attached hydrogens (tertiary/aromatic N) is 2. The fourth-order valence-electron chi connectivity index (χ4n) is 5.31. The number of rotatable bonds is 5. The van der Waals surface area contributed by atoms with Gasteiger partial charge in [-0.15, -0.1) is 0 Å². The smallest absolute Gasteiger partial charge is 0.383 e. The van der Waals surface area contributed by atoms with Crippen LogP contribution in [0, 0.1) is 0 Å². The molecule has 0 amide bonds. The first-order valence-electron chi connectivity index (χ1n) is 11.5. The second-order valence-electron chi connectivity index (χ2n) is 10.00. The minimum Gasteiger partial charge on any atom is -0.383 e. The summed E-state index contributed by atoms with van der Waals surface area (Å²) in [5, 5.41) is 0. The molecule has 0 saturated heterocycles. The summed E-state index contributed by atoms with van der Waals surface area (Å²) in [7, 11) is 3.70. The molecule has 2 aromatic rings. The number of alkyl halides is 3. The molecule has 0 saturated carbocycles. The van der Waals surface area contributed by atoms with Gasteiger partial charge in [0.25, 0.3) is 0 Å². The van der Waals surface area contributed by atoms with Crippen molar-refractivity contribution in [1.82, 2.24) is 0 Å². The molecule has 6 heteroatoms. The largest absolute Gasteiger partial charge is 0.416 e. The molecule has 2 aromatic carbocycles. The number of hydrogen-bond donors (Lipinski definition) is 0. The molecule has 34 heavy (non-hydrogen) atoms. The van der Waals surface area contributed by atoms with Crippen molar-refractivity contribution in [2.75, 3.05) is 32.2 Å². The van der Waals surface area contributed by atoms with Crippen molar-refractivity contribution in [3.63, 3.8) is 0 Å². The summed E-state index contributed by atoms with van der Waals surface area (Å²) in [6, 6.07) is 12.4. The zero-order valence-electron chi connectivity index (χ0n) is 20.6. The van der Waals surface area contributed by atoms with Crippen molar-refractivity contribution >= 4 is 17.1 Å². The molecule has 2 aliphatic rings. The third-order valence-corrected chi connectivity index (χ3v) is 7.19. The van der Waals surface area contributed by atoms with Gasteiger partial charge in [0.15, 0.2) is 5.71 Å². The minimum absolute atomic E-state index is 0.147. The lowest BCUT2D eigenvalue weighted by Gasteiger charge is -2.26. The highest BCUT2D eigenvalue weighted by Crippen LogP contribution is 2.49. The Balaban J connectivity index is 1.74. The van der Waals surface area contributed by atoms with Gasteiger partial charge in [0.2, 0.25) is 5.69 Å². The van der Waals surface area contributed by atoms with E-state index < -0.39 is 17.2 Å². The molecule has 0 radical (unpaired) electrons. The maximum Gasteiger partial charge on any atom is 0.416 e. The van der Waals surface area contributed by atoms with Crippen LogP contribution < -0.4 is 4.90 Å². The second kappa shape index (κ2) is 8.42. The molecule has 2 aliphatic heterocycles. The van der Waals surface area contributed by atoms with Crippen molar-refractivity contribution in [3.8, 4) is 0 Å². The van der Waals surface area contributed by atoms with E-state index in [0.717, 1.165) is 17.5 Å². The molecule has 4 rings (SSSR count). The Morgan fingerprint density at radius 2 is 1.71 bits per heavy atom. The number of allylic oxidation sites excluding steroid dienone is 4. The van der Waals surface area contributed by atoms with Gasteiger partial charge in [-0.25, -0.2) is 0 Å². The lowest BCUT2D eigenvalue weighted by molar-refractivity contribution is -0.401. The van der Waals surface area contributed by atoms with E-state index in [1.807, 2.05) is 32.1 Å². The Hall–Kier alpha value is -2.86. The first kappa shape index (κ1) is 24.3. The fraction of sp³-hybridized carbons (Fsp3) is 0.393. The van der Waals surface area contributed by atoms with Gasteiger partial charge in [-0.05, 0) is 43.7 Å². The highest BCUT2D eigenvalue weighted by Gasteiger charge is 2.44. The molecule has 0 N–H and O–H groups in total. The average molecular weight is 470 g/mol. The maximum absolute atomic E-state index is 13.4. The molecule has 0 spiro atoms. The summed E-state index contributed by atoms with van der Waals surface area (Å²) in [6.07, 6.45) is 1.79. The van der Waals surface area contributed by atoms with Crippen molar-refractivity contribution in [1.29, 1.82) is 0 Å². The topological polar surface area (TPSA) is 15.5 Å². The normalized spacial score (nSPS) is 19.9. The number of fused-ring (bicyclic) bond motifs is 2. The van der Waals surface area contributed by atoms with Crippen LogP contribution in [0.2, 0.25) is 0 Å². The van der Waals surface area contributed by atoms with E-state index in [0.29, 0.717) is 18.7 Å². The number of para-hydroxylation sites is 1. The molecular weight excluding hydrogens is 437 g/mol. The Morgan fingerprint density at radius 3 is 2.35 bits per heavy atom. The molecule has 0 aromatic heterocycles. The Bertz CT molecular complexity index is 1200. The van der Waals surface area contributed by atoms with E-state index >= 15 is 0 Å². The van der Waals surface area contributed by atoms with Gasteiger partial charge in [-0.2, -0.15) is 17.7 Å². The quantitative estimate of drug-likeness (QED) is 0.459. The molecule has 0 aliphatic carbocycles. The van der Waals surface area contributed by atoms with Crippen LogP contribution in [0.25, 0.3) is 0 Å². The molecule has 0 bridgehead atoms. The first-order valence-corrected chi connectivity index (χ1v) is 11.5. The average Bonchev–Trinajstić information content (AvgIpc) is 3.11. The van der Waals surface area contributed by atoms with Crippen molar-refractivity contribution in [2.24, 2.45) is 0 Å². The Labute approximate surface area is 199 Å². The molecule has 2 heterocycles. The Kier molecular flexibility index (Phi) is 6.01. The van der Waals surface area contributed by atoms with E-state index in [-0.39, 0.29) is 5.41 Å². The SMILES string of the molecule is COCCN1/C(=C/C=C/C2=[N+](C)c3ccccc3C2(C)C)C(C)(C)c2cc(C(F)(F)F)ccc21. The van der Waals surface area contributed by atoms with E-state index in [2.05, 4.69) is 54.6 Å². The van der Waals surface area contributed by atoms with Crippen molar-refractivity contribution < 1.29 is 22.5 Å². The number of halogens is 3. The molecule has 3 nitrogen and oxygen atoms in total. The lowest BCUT2D eigenvalue weighted by atomic mass is 9.81. The van der Waals surface area contributed by atoms with Crippen molar-refractivity contribution in [2.45, 2.75) is 44.7 Å². The van der Waals surface area contributed by atoms with Gasteiger partial charge in [0.05, 0.1) is 17.6 Å². The van der Waals surface area contributed by atoms with Crippen LogP contribution in [-0.4, -0.2) is 37.6 Å². The van der Waals surface area contributed by atoms with Gasteiger partial charge in [0.1, 0.15) is 7.05 Å². The predicted molar refractivity (Wildman–Crippen MR) is 131 cm³/mol. The van der Waals surface area contributed by atoms with Crippen LogP contribution in [0.1, 0.15) is 44.4 Å². The third-order valence-electron chi connectivity index (χ3n) is 7.19. The van der Waals surface area contributed by atoms with Gasteiger partial charge in [-0.1, -0.05) is 38.1 Å². The van der Waals surface area contributed by atoms with Crippen molar-refractivity contribution in [3.05, 3.63) is 83.1 Å². The minimum atomic E-state index is -4.38. The van der Waals surface area contributed by atoms with Crippen LogP contribution in [0.15, 0.2) is 66.4 Å².